The highest BCUT2D eigenvalue weighted by Crippen LogP contribution is 2.40. The number of carboxylic acid groups (broad SMARTS) is 1. The number of ether oxygens (including phenoxy) is 6. The van der Waals surface area contributed by atoms with Crippen LogP contribution >= 0.6 is 0 Å². The minimum Gasteiger partial charge on any atom is -0.507 e. The normalized spacial score (nSPS) is 16.9. The number of morpholine rings is 4. The zero-order chi connectivity index (χ0) is 90.2. The van der Waals surface area contributed by atoms with Gasteiger partial charge in [0.15, 0.2) is 43.8 Å². The molecule has 0 bridgehead atoms. The van der Waals surface area contributed by atoms with Crippen LogP contribution in [0.1, 0.15) is 158 Å². The molecule has 4 aliphatic rings. The number of hydrogen-bond donors (Lipinski definition) is 9. The van der Waals surface area contributed by atoms with Gasteiger partial charge in [-0.2, -0.15) is 0 Å². The van der Waals surface area contributed by atoms with Gasteiger partial charge < -0.3 is 103 Å². The minimum absolute atomic E-state index is 0.0465. The SMILES string of the molecule is CC(C)(C)[Si](C)(C)OCc1ncccc1C(=O)N1CCOC[C@H]1CO.CC(C)(C)[Si](C)(C)OCc1ncccc1C(=O)N1CCOC[C@H]1COc1cccc(O)c1C=O.CC(C)(C)[Si](C)(C)OCc1ncccc1C(=O)O.O=Cc1c(O)cccc1O.O=Cc1c(O)cccc1OC[C@@H]1COCCN1C(=O)c1cccnc1CO.OC[C@@H]1COCCN1. The van der Waals surface area contributed by atoms with Crippen molar-refractivity contribution in [3.63, 3.8) is 0 Å². The van der Waals surface area contributed by atoms with Crippen LogP contribution < -0.4 is 14.8 Å². The van der Waals surface area contributed by atoms with Gasteiger partial charge >= 0.3 is 5.97 Å². The van der Waals surface area contributed by atoms with Crippen LogP contribution in [0.15, 0.2) is 128 Å². The molecule has 0 unspecified atom stereocenters. The fourth-order valence-electron chi connectivity index (χ4n) is 11.4. The van der Waals surface area contributed by atoms with Gasteiger partial charge in [-0.1, -0.05) is 80.5 Å². The molecule has 0 radical (unpaired) electrons. The van der Waals surface area contributed by atoms with Crippen molar-refractivity contribution in [3.05, 3.63) is 190 Å². The molecule has 4 saturated heterocycles. The first-order valence-corrected chi connectivity index (χ1v) is 48.9. The summed E-state index contributed by atoms with van der Waals surface area (Å²) in [6.45, 7) is 39.1. The third-order valence-corrected chi connectivity index (χ3v) is 35.5. The molecule has 35 heteroatoms. The predicted molar refractivity (Wildman–Crippen MR) is 463 cm³/mol. The Morgan fingerprint density at radius 2 is 0.754 bits per heavy atom. The number of aliphatic hydroxyl groups is 3. The van der Waals surface area contributed by atoms with Crippen molar-refractivity contribution in [2.24, 2.45) is 0 Å². The molecule has 666 valence electrons. The Labute approximate surface area is 716 Å². The van der Waals surface area contributed by atoms with E-state index < -0.39 is 30.9 Å². The van der Waals surface area contributed by atoms with Crippen molar-refractivity contribution < 1.29 is 116 Å². The summed E-state index contributed by atoms with van der Waals surface area (Å²) in [6.07, 6.45) is 7.95. The molecule has 4 fully saturated rings. The van der Waals surface area contributed by atoms with Gasteiger partial charge in [0, 0.05) is 51.0 Å². The van der Waals surface area contributed by atoms with Crippen molar-refractivity contribution in [3.8, 4) is 34.5 Å². The third kappa shape index (κ3) is 29.2. The number of phenols is 4. The molecule has 0 aliphatic carbocycles. The highest BCUT2D eigenvalue weighted by atomic mass is 28.4. The van der Waals surface area contributed by atoms with Crippen molar-refractivity contribution >= 4 is 67.5 Å². The number of amides is 3. The number of carbonyl (C=O) groups is 7. The molecular weight excluding hydrogens is 1630 g/mol. The monoisotopic (exact) mass is 1750 g/mol. The summed E-state index contributed by atoms with van der Waals surface area (Å²) < 4.78 is 51.5. The van der Waals surface area contributed by atoms with E-state index in [1.165, 1.54) is 36.5 Å². The summed E-state index contributed by atoms with van der Waals surface area (Å²) in [5.41, 5.74) is 3.73. The van der Waals surface area contributed by atoms with Crippen molar-refractivity contribution in [2.45, 2.75) is 167 Å². The Morgan fingerprint density at radius 1 is 0.434 bits per heavy atom. The van der Waals surface area contributed by atoms with Gasteiger partial charge in [0.05, 0.1) is 178 Å². The number of aliphatic hydroxyl groups excluding tert-OH is 3. The maximum absolute atomic E-state index is 13.6. The Balaban J connectivity index is 0.000000239. The number of aromatic hydroxyl groups is 4. The number of carboxylic acids is 1. The van der Waals surface area contributed by atoms with Crippen LogP contribution in [-0.2, 0) is 58.7 Å². The Hall–Kier alpha value is -9.84. The van der Waals surface area contributed by atoms with Crippen molar-refractivity contribution in [1.82, 2.24) is 40.0 Å². The maximum Gasteiger partial charge on any atom is 0.337 e. The molecule has 0 saturated carbocycles. The summed E-state index contributed by atoms with van der Waals surface area (Å²) in [5, 5.41) is 77.3. The number of pyridine rings is 4. The van der Waals surface area contributed by atoms with Gasteiger partial charge in [-0.25, -0.2) is 4.79 Å². The first-order chi connectivity index (χ1) is 57.7. The third-order valence-electron chi connectivity index (χ3n) is 22.0. The number of benzene rings is 3. The average molecular weight is 1750 g/mol. The predicted octanol–water partition coefficient (Wildman–Crippen LogP) is 10.7. The zero-order valence-corrected chi connectivity index (χ0v) is 75.5. The highest BCUT2D eigenvalue weighted by molar-refractivity contribution is 6.75. The molecule has 9 N–H and O–H groups in total. The second kappa shape index (κ2) is 47.7. The second-order valence-corrected chi connectivity index (χ2v) is 47.9. The topological polar surface area (TPSA) is 438 Å². The lowest BCUT2D eigenvalue weighted by Gasteiger charge is -2.37. The lowest BCUT2D eigenvalue weighted by atomic mass is 10.1. The van der Waals surface area contributed by atoms with Gasteiger partial charge in [0.1, 0.15) is 47.7 Å². The first kappa shape index (κ1) is 101. The van der Waals surface area contributed by atoms with Crippen LogP contribution in [0, 0.1) is 0 Å². The van der Waals surface area contributed by atoms with E-state index in [2.05, 4.69) is 127 Å². The van der Waals surface area contributed by atoms with E-state index in [1.807, 2.05) is 0 Å². The molecule has 4 atom stereocenters. The summed E-state index contributed by atoms with van der Waals surface area (Å²) in [6, 6.07) is 25.9. The summed E-state index contributed by atoms with van der Waals surface area (Å²) in [5.74, 6) is -1.73. The molecule has 8 heterocycles. The standard InChI is InChI=1S/C25H34N2O6Si.C19H20N2O6.C18H30N2O4Si.C13H21NO3Si.C7H6O3.C5H11NO2/c1-25(2,3)34(4,5)33-17-21-19(8-7-11-26-21)24(30)27-12-13-31-15-18(27)16-32-23-10-6-9-22(29)20(23)14-28;22-9-15-17(24)4-1-5-18(15)27-12-13-11-26-8-7-21(13)19(25)14-3-2-6-20-16(14)10-23;1-18(2,3)25(4,5)24-13-16-15(7-6-8-19-16)17(22)20-9-10-23-12-14(20)11-21;1-13(2,3)18(4,5)17-9-11-10(12(15)16)7-6-8-14-11;8-4-5-6(9)2-1-3-7(5)10;7-3-5-4-8-2-1-6-5/h6-11,14,18,29H,12-13,15-17H2,1-5H3;1-6,9,13,23-24H,7-8,10-12H2;6-8,14,21H,9-13H2,1-5H3;6-8H,9H2,1-5H3,(H,15,16);1-4,9-10H;5-7H,1-4H2/t18-;13-;14-;;;5-/m001..1/s1. The zero-order valence-electron chi connectivity index (χ0n) is 72.5. The molecule has 3 aromatic carbocycles. The van der Waals surface area contributed by atoms with Crippen LogP contribution in [0.3, 0.4) is 0 Å². The molecule has 32 nitrogen and oxygen atoms in total. The first-order valence-electron chi connectivity index (χ1n) is 40.2. The van der Waals surface area contributed by atoms with Gasteiger partial charge in [-0.15, -0.1) is 0 Å². The molecule has 11 rings (SSSR count). The van der Waals surface area contributed by atoms with Crippen LogP contribution in [0.25, 0.3) is 0 Å². The summed E-state index contributed by atoms with van der Waals surface area (Å²) in [7, 11) is -5.82. The number of aromatic nitrogens is 4. The van der Waals surface area contributed by atoms with Gasteiger partial charge in [-0.05, 0) is 139 Å². The quantitative estimate of drug-likeness (QED) is 0.0190. The number of carbonyl (C=O) groups excluding carboxylic acids is 6. The van der Waals surface area contributed by atoms with E-state index in [0.29, 0.717) is 124 Å². The lowest BCUT2D eigenvalue weighted by molar-refractivity contribution is -0.0185. The van der Waals surface area contributed by atoms with E-state index in [1.54, 1.807) is 106 Å². The van der Waals surface area contributed by atoms with Crippen LogP contribution in [0.5, 0.6) is 34.5 Å². The Kier molecular flexibility index (Phi) is 39.5. The van der Waals surface area contributed by atoms with E-state index in [4.69, 9.17) is 62.1 Å². The molecule has 122 heavy (non-hydrogen) atoms. The fourth-order valence-corrected chi connectivity index (χ4v) is 14.2. The Morgan fingerprint density at radius 3 is 1.07 bits per heavy atom. The van der Waals surface area contributed by atoms with Gasteiger partial charge in [-0.3, -0.25) is 48.7 Å². The van der Waals surface area contributed by atoms with Gasteiger partial charge in [0.25, 0.3) is 17.7 Å². The highest BCUT2D eigenvalue weighted by Gasteiger charge is 2.41. The lowest BCUT2D eigenvalue weighted by Crippen LogP contribution is -2.51. The van der Waals surface area contributed by atoms with Crippen molar-refractivity contribution in [1.29, 1.82) is 0 Å². The van der Waals surface area contributed by atoms with Gasteiger partial charge in [0.2, 0.25) is 0 Å². The van der Waals surface area contributed by atoms with E-state index in [-0.39, 0.29) is 167 Å². The number of aldehydes is 3. The van der Waals surface area contributed by atoms with Crippen molar-refractivity contribution in [2.75, 3.05) is 105 Å². The summed E-state index contributed by atoms with van der Waals surface area (Å²) in [4.78, 5) is 105. The molecule has 4 aliphatic heterocycles. The minimum atomic E-state index is -2.02. The van der Waals surface area contributed by atoms with E-state index >= 15 is 0 Å². The molecule has 0 spiro atoms. The maximum atomic E-state index is 13.6. The average Bonchev–Trinajstić information content (AvgIpc) is 0.813. The van der Waals surface area contributed by atoms with E-state index in [0.717, 1.165) is 13.2 Å². The fraction of sp³-hybridized carbons (Fsp3) is 0.483. The molecule has 4 aromatic heterocycles. The molecular formula is C87H122N8O24Si3. The van der Waals surface area contributed by atoms with Crippen LogP contribution in [-0.4, -0.2) is 273 Å². The molecule has 3 amide bonds. The number of aromatic carboxylic acids is 1. The number of hydrogen-bond acceptors (Lipinski definition) is 28. The van der Waals surface area contributed by atoms with Crippen LogP contribution in [0.4, 0.5) is 0 Å². The molecule has 7 aromatic rings. The second-order valence-electron chi connectivity index (χ2n) is 33.4. The smallest absolute Gasteiger partial charge is 0.337 e. The number of nitrogens with zero attached hydrogens (tertiary/aromatic N) is 7. The number of rotatable bonds is 25. The Bertz CT molecular complexity index is 4520. The number of phenolic OH excluding ortho intramolecular Hbond substituents is 4. The summed E-state index contributed by atoms with van der Waals surface area (Å²) >= 11 is 0. The number of nitrogens with one attached hydrogen (secondary N) is 1. The largest absolute Gasteiger partial charge is 0.507 e. The van der Waals surface area contributed by atoms with Crippen LogP contribution in [0.2, 0.25) is 54.4 Å². The van der Waals surface area contributed by atoms with E-state index in [9.17, 15) is 54.0 Å².